The quantitative estimate of drug-likeness (QED) is 0.848. The first-order valence-electron chi connectivity index (χ1n) is 6.84. The molecule has 1 atom stereocenters. The van der Waals surface area contributed by atoms with E-state index in [9.17, 15) is 5.11 Å². The maximum atomic E-state index is 10.4. The van der Waals surface area contributed by atoms with Crippen molar-refractivity contribution >= 4 is 21.6 Å². The van der Waals surface area contributed by atoms with Gasteiger partial charge in [-0.2, -0.15) is 0 Å². The van der Waals surface area contributed by atoms with Crippen molar-refractivity contribution in [2.75, 3.05) is 19.0 Å². The molecule has 0 radical (unpaired) electrons. The largest absolute Gasteiger partial charge is 0.496 e. The number of halogens is 1. The molecule has 0 spiro atoms. The molecule has 21 heavy (non-hydrogen) atoms. The van der Waals surface area contributed by atoms with E-state index < -0.39 is 6.10 Å². The van der Waals surface area contributed by atoms with Crippen LogP contribution in [-0.2, 0) is 0 Å². The molecule has 0 aromatic heterocycles. The van der Waals surface area contributed by atoms with Gasteiger partial charge in [-0.15, -0.1) is 0 Å². The van der Waals surface area contributed by atoms with Gasteiger partial charge in [-0.05, 0) is 59.6 Å². The summed E-state index contributed by atoms with van der Waals surface area (Å²) in [7, 11) is 1.62. The molecule has 0 aliphatic heterocycles. The van der Waals surface area contributed by atoms with E-state index in [0.717, 1.165) is 21.3 Å². The average Bonchev–Trinajstić information content (AvgIpc) is 2.46. The molecule has 3 nitrogen and oxygen atoms in total. The topological polar surface area (TPSA) is 41.5 Å². The molecule has 0 bridgehead atoms. The van der Waals surface area contributed by atoms with Crippen LogP contribution in [0.4, 0.5) is 5.69 Å². The highest BCUT2D eigenvalue weighted by Gasteiger charge is 2.14. The van der Waals surface area contributed by atoms with Crippen molar-refractivity contribution in [3.8, 4) is 5.75 Å². The van der Waals surface area contributed by atoms with Crippen LogP contribution < -0.4 is 10.1 Å². The zero-order chi connectivity index (χ0) is 15.4. The van der Waals surface area contributed by atoms with Crippen molar-refractivity contribution in [2.45, 2.75) is 20.0 Å². The number of rotatable bonds is 5. The Bertz CT molecular complexity index is 628. The molecular formula is C17H20BrNO2. The van der Waals surface area contributed by atoms with Crippen LogP contribution in [-0.4, -0.2) is 18.8 Å². The third-order valence-electron chi connectivity index (χ3n) is 3.35. The van der Waals surface area contributed by atoms with Crippen LogP contribution >= 0.6 is 15.9 Å². The van der Waals surface area contributed by atoms with E-state index in [1.807, 2.05) is 50.2 Å². The summed E-state index contributed by atoms with van der Waals surface area (Å²) in [6.07, 6.45) is -0.631. The summed E-state index contributed by atoms with van der Waals surface area (Å²) in [6.45, 7) is 4.46. The number of hydrogen-bond acceptors (Lipinski definition) is 3. The fourth-order valence-corrected chi connectivity index (χ4v) is 2.83. The lowest BCUT2D eigenvalue weighted by atomic mass is 10.0. The summed E-state index contributed by atoms with van der Waals surface area (Å²) >= 11 is 3.52. The zero-order valence-electron chi connectivity index (χ0n) is 12.5. The van der Waals surface area contributed by atoms with Crippen molar-refractivity contribution in [3.05, 3.63) is 57.6 Å². The van der Waals surface area contributed by atoms with Crippen LogP contribution in [0.25, 0.3) is 0 Å². The highest BCUT2D eigenvalue weighted by molar-refractivity contribution is 9.10. The van der Waals surface area contributed by atoms with Gasteiger partial charge in [-0.1, -0.05) is 17.7 Å². The van der Waals surface area contributed by atoms with Gasteiger partial charge in [0, 0.05) is 22.3 Å². The average molecular weight is 350 g/mol. The number of methoxy groups -OCH3 is 1. The van der Waals surface area contributed by atoms with Gasteiger partial charge in [0.25, 0.3) is 0 Å². The Kier molecular flexibility index (Phi) is 5.26. The first-order valence-corrected chi connectivity index (χ1v) is 7.63. The van der Waals surface area contributed by atoms with Gasteiger partial charge in [0.2, 0.25) is 0 Å². The van der Waals surface area contributed by atoms with Crippen LogP contribution in [0.3, 0.4) is 0 Å². The van der Waals surface area contributed by atoms with Crippen molar-refractivity contribution in [3.63, 3.8) is 0 Å². The normalized spacial score (nSPS) is 12.0. The maximum Gasteiger partial charge on any atom is 0.124 e. The highest BCUT2D eigenvalue weighted by Crippen LogP contribution is 2.28. The van der Waals surface area contributed by atoms with E-state index >= 15 is 0 Å². The van der Waals surface area contributed by atoms with E-state index in [1.165, 1.54) is 5.56 Å². The predicted molar refractivity (Wildman–Crippen MR) is 90.1 cm³/mol. The smallest absolute Gasteiger partial charge is 0.124 e. The molecular weight excluding hydrogens is 330 g/mol. The molecule has 2 aromatic rings. The first kappa shape index (κ1) is 15.9. The molecule has 0 aliphatic carbocycles. The minimum absolute atomic E-state index is 0.418. The Morgan fingerprint density at radius 2 is 1.81 bits per heavy atom. The molecule has 112 valence electrons. The minimum Gasteiger partial charge on any atom is -0.496 e. The third kappa shape index (κ3) is 3.99. The molecule has 0 aliphatic rings. The van der Waals surface area contributed by atoms with Gasteiger partial charge in [0.15, 0.2) is 0 Å². The lowest BCUT2D eigenvalue weighted by Crippen LogP contribution is -2.13. The Hall–Kier alpha value is -1.52. The van der Waals surface area contributed by atoms with Crippen molar-refractivity contribution < 1.29 is 9.84 Å². The van der Waals surface area contributed by atoms with E-state index in [4.69, 9.17) is 4.74 Å². The van der Waals surface area contributed by atoms with Crippen LogP contribution in [0.15, 0.2) is 40.9 Å². The highest BCUT2D eigenvalue weighted by atomic mass is 79.9. The van der Waals surface area contributed by atoms with Gasteiger partial charge in [0.05, 0.1) is 13.2 Å². The lowest BCUT2D eigenvalue weighted by molar-refractivity contribution is 0.187. The van der Waals surface area contributed by atoms with Gasteiger partial charge in [-0.3, -0.25) is 0 Å². The van der Waals surface area contributed by atoms with E-state index in [-0.39, 0.29) is 0 Å². The Labute approximate surface area is 134 Å². The van der Waals surface area contributed by atoms with Crippen molar-refractivity contribution in [2.24, 2.45) is 0 Å². The first-order chi connectivity index (χ1) is 10.0. The van der Waals surface area contributed by atoms with Gasteiger partial charge in [0.1, 0.15) is 5.75 Å². The number of nitrogens with one attached hydrogen (secondary N) is 1. The Morgan fingerprint density at radius 3 is 2.48 bits per heavy atom. The van der Waals surface area contributed by atoms with Crippen LogP contribution in [0.5, 0.6) is 5.75 Å². The Balaban J connectivity index is 2.11. The number of anilines is 1. The lowest BCUT2D eigenvalue weighted by Gasteiger charge is -2.17. The molecule has 1 unspecified atom stereocenters. The molecule has 2 aromatic carbocycles. The van der Waals surface area contributed by atoms with Crippen molar-refractivity contribution in [1.82, 2.24) is 0 Å². The second kappa shape index (κ2) is 6.96. The van der Waals surface area contributed by atoms with E-state index in [1.54, 1.807) is 7.11 Å². The number of hydrogen-bond donors (Lipinski definition) is 2. The molecule has 0 amide bonds. The summed E-state index contributed by atoms with van der Waals surface area (Å²) in [5.41, 5.74) is 4.05. The maximum absolute atomic E-state index is 10.4. The van der Waals surface area contributed by atoms with Gasteiger partial charge in [-0.25, -0.2) is 0 Å². The fraction of sp³-hybridized carbons (Fsp3) is 0.294. The number of aryl methyl sites for hydroxylation is 2. The molecule has 0 fully saturated rings. The molecule has 0 saturated carbocycles. The zero-order valence-corrected chi connectivity index (χ0v) is 14.1. The Morgan fingerprint density at radius 1 is 1.14 bits per heavy atom. The SMILES string of the molecule is COc1ccc(C)cc1C(O)CNc1ccc(C)cc1Br. The summed E-state index contributed by atoms with van der Waals surface area (Å²) in [6, 6.07) is 11.9. The monoisotopic (exact) mass is 349 g/mol. The molecule has 4 heteroatoms. The van der Waals surface area contributed by atoms with Crippen molar-refractivity contribution in [1.29, 1.82) is 0 Å². The summed E-state index contributed by atoms with van der Waals surface area (Å²) in [5, 5.41) is 13.7. The number of aliphatic hydroxyl groups excluding tert-OH is 1. The summed E-state index contributed by atoms with van der Waals surface area (Å²) < 4.78 is 6.31. The summed E-state index contributed by atoms with van der Waals surface area (Å²) in [5.74, 6) is 0.706. The number of benzene rings is 2. The van der Waals surface area contributed by atoms with E-state index in [2.05, 4.69) is 21.2 Å². The molecule has 0 saturated heterocycles. The summed E-state index contributed by atoms with van der Waals surface area (Å²) in [4.78, 5) is 0. The van der Waals surface area contributed by atoms with Crippen LogP contribution in [0.1, 0.15) is 22.8 Å². The van der Waals surface area contributed by atoms with Gasteiger partial charge < -0.3 is 15.2 Å². The second-order valence-electron chi connectivity index (χ2n) is 5.13. The van der Waals surface area contributed by atoms with E-state index in [0.29, 0.717) is 12.3 Å². The second-order valence-corrected chi connectivity index (χ2v) is 5.98. The van der Waals surface area contributed by atoms with Gasteiger partial charge >= 0.3 is 0 Å². The number of ether oxygens (including phenoxy) is 1. The molecule has 0 heterocycles. The predicted octanol–water partition coefficient (Wildman–Crippen LogP) is 4.22. The molecule has 2 rings (SSSR count). The van der Waals surface area contributed by atoms with Crippen LogP contribution in [0.2, 0.25) is 0 Å². The minimum atomic E-state index is -0.631. The fourth-order valence-electron chi connectivity index (χ4n) is 2.19. The molecule has 2 N–H and O–H groups in total. The van der Waals surface area contributed by atoms with Crippen LogP contribution in [0, 0.1) is 13.8 Å². The number of aliphatic hydroxyl groups is 1. The third-order valence-corrected chi connectivity index (χ3v) is 4.01. The standard InChI is InChI=1S/C17H20BrNO2/c1-11-5-7-17(21-3)13(8-11)16(20)10-19-15-6-4-12(2)9-14(15)18/h4-9,16,19-20H,10H2,1-3H3.